The van der Waals surface area contributed by atoms with Crippen molar-refractivity contribution in [3.05, 3.63) is 60.0 Å². The zero-order chi connectivity index (χ0) is 23.4. The summed E-state index contributed by atoms with van der Waals surface area (Å²) in [5, 5.41) is 6.14. The highest BCUT2D eigenvalue weighted by Gasteiger charge is 2.54. The van der Waals surface area contributed by atoms with E-state index in [0.717, 1.165) is 35.9 Å². The normalized spacial score (nSPS) is 17.5. The fourth-order valence-electron chi connectivity index (χ4n) is 4.95. The van der Waals surface area contributed by atoms with E-state index in [1.165, 1.54) is 12.1 Å². The Morgan fingerprint density at radius 3 is 2.67 bits per heavy atom. The maximum atomic E-state index is 13.0. The standard InChI is InChI=1S/C23H22F3N5O2/c1-30-11-18(17-5-6-27-10-19(17)30)20(32)31-12-22(13-31)8-16(9-22)29-21(33)28-15-4-2-3-14(7-15)23(24,25)26/h2-7,10-11,16H,8-9,12-13H2,1H3,(H2,28,29,33). The van der Waals surface area contributed by atoms with Crippen molar-refractivity contribution in [2.75, 3.05) is 18.4 Å². The van der Waals surface area contributed by atoms with Crippen molar-refractivity contribution in [2.45, 2.75) is 25.1 Å². The van der Waals surface area contributed by atoms with Crippen LogP contribution in [0.15, 0.2) is 48.9 Å². The van der Waals surface area contributed by atoms with Crippen LogP contribution in [0.1, 0.15) is 28.8 Å². The van der Waals surface area contributed by atoms with E-state index in [2.05, 4.69) is 15.6 Å². The Morgan fingerprint density at radius 1 is 1.18 bits per heavy atom. The number of aromatic nitrogens is 2. The number of rotatable bonds is 3. The van der Waals surface area contributed by atoms with E-state index in [0.29, 0.717) is 18.7 Å². The Labute approximate surface area is 187 Å². The van der Waals surface area contributed by atoms with Gasteiger partial charge in [-0.2, -0.15) is 13.2 Å². The molecule has 1 aliphatic heterocycles. The SMILES string of the molecule is Cn1cc(C(=O)N2CC3(CC(NC(=O)Nc4cccc(C(F)(F)F)c4)C3)C2)c2ccncc21. The smallest absolute Gasteiger partial charge is 0.348 e. The third kappa shape index (κ3) is 3.90. The fourth-order valence-corrected chi connectivity index (χ4v) is 4.95. The van der Waals surface area contributed by atoms with Crippen LogP contribution in [0.5, 0.6) is 0 Å². The monoisotopic (exact) mass is 457 g/mol. The van der Waals surface area contributed by atoms with E-state index >= 15 is 0 Å². The predicted octanol–water partition coefficient (Wildman–Crippen LogP) is 4.02. The average molecular weight is 457 g/mol. The highest BCUT2D eigenvalue weighted by atomic mass is 19.4. The number of carbonyl (C=O) groups is 2. The molecule has 0 atom stereocenters. The molecule has 172 valence electrons. The van der Waals surface area contributed by atoms with Crippen LogP contribution in [-0.4, -0.2) is 45.5 Å². The molecule has 1 aromatic carbocycles. The van der Waals surface area contributed by atoms with E-state index < -0.39 is 17.8 Å². The Morgan fingerprint density at radius 2 is 1.94 bits per heavy atom. The molecule has 2 fully saturated rings. The van der Waals surface area contributed by atoms with Crippen molar-refractivity contribution in [3.8, 4) is 0 Å². The molecule has 1 spiro atoms. The summed E-state index contributed by atoms with van der Waals surface area (Å²) in [4.78, 5) is 31.1. The lowest BCUT2D eigenvalue weighted by atomic mass is 9.60. The molecule has 33 heavy (non-hydrogen) atoms. The lowest BCUT2D eigenvalue weighted by molar-refractivity contribution is -0.137. The molecule has 0 radical (unpaired) electrons. The quantitative estimate of drug-likeness (QED) is 0.624. The number of nitrogens with zero attached hydrogens (tertiary/aromatic N) is 3. The number of anilines is 1. The Kier molecular flexibility index (Phi) is 4.84. The number of nitrogens with one attached hydrogen (secondary N) is 2. The molecule has 2 aromatic heterocycles. The lowest BCUT2D eigenvalue weighted by Crippen LogP contribution is -2.67. The van der Waals surface area contributed by atoms with Crippen LogP contribution >= 0.6 is 0 Å². The van der Waals surface area contributed by atoms with E-state index in [4.69, 9.17) is 0 Å². The molecule has 3 heterocycles. The number of amides is 3. The molecule has 0 unspecified atom stereocenters. The number of pyridine rings is 1. The molecule has 2 aliphatic rings. The molecule has 3 aromatic rings. The molecule has 10 heteroatoms. The Balaban J connectivity index is 1.13. The second-order valence-corrected chi connectivity index (χ2v) is 8.99. The van der Waals surface area contributed by atoms with Gasteiger partial charge in [0.15, 0.2) is 0 Å². The second-order valence-electron chi connectivity index (χ2n) is 8.99. The number of hydrogen-bond donors (Lipinski definition) is 2. The van der Waals surface area contributed by atoms with Crippen molar-refractivity contribution in [2.24, 2.45) is 12.5 Å². The molecule has 1 saturated heterocycles. The number of hydrogen-bond acceptors (Lipinski definition) is 3. The Hall–Kier alpha value is -3.56. The predicted molar refractivity (Wildman–Crippen MR) is 116 cm³/mol. The number of likely N-dealkylation sites (tertiary alicyclic amines) is 1. The molecule has 2 N–H and O–H groups in total. The number of carbonyl (C=O) groups excluding carboxylic acids is 2. The van der Waals surface area contributed by atoms with Crippen LogP contribution in [0.3, 0.4) is 0 Å². The first-order valence-electron chi connectivity index (χ1n) is 10.6. The van der Waals surface area contributed by atoms with Gasteiger partial charge in [0.2, 0.25) is 0 Å². The van der Waals surface area contributed by atoms with E-state index in [1.807, 2.05) is 28.8 Å². The third-order valence-corrected chi connectivity index (χ3v) is 6.50. The van der Waals surface area contributed by atoms with Gasteiger partial charge in [-0.05, 0) is 37.1 Å². The minimum absolute atomic E-state index is 0.00402. The summed E-state index contributed by atoms with van der Waals surface area (Å²) in [5.74, 6) is -0.0175. The zero-order valence-corrected chi connectivity index (χ0v) is 17.8. The first kappa shape index (κ1) is 21.3. The molecular formula is C23H22F3N5O2. The van der Waals surface area contributed by atoms with Gasteiger partial charge in [-0.1, -0.05) is 6.07 Å². The van der Waals surface area contributed by atoms with Gasteiger partial charge in [-0.3, -0.25) is 9.78 Å². The van der Waals surface area contributed by atoms with Crippen LogP contribution in [0, 0.1) is 5.41 Å². The molecule has 1 aliphatic carbocycles. The van der Waals surface area contributed by atoms with Crippen molar-refractivity contribution >= 4 is 28.5 Å². The van der Waals surface area contributed by atoms with Crippen LogP contribution in [0.4, 0.5) is 23.7 Å². The van der Waals surface area contributed by atoms with Crippen LogP contribution in [0.25, 0.3) is 10.9 Å². The van der Waals surface area contributed by atoms with Crippen LogP contribution in [0.2, 0.25) is 0 Å². The number of halogens is 3. The number of benzene rings is 1. The highest BCUT2D eigenvalue weighted by molar-refractivity contribution is 6.07. The third-order valence-electron chi connectivity index (χ3n) is 6.50. The maximum absolute atomic E-state index is 13.0. The topological polar surface area (TPSA) is 79.3 Å². The molecule has 7 nitrogen and oxygen atoms in total. The number of aryl methyl sites for hydroxylation is 1. The number of alkyl halides is 3. The maximum Gasteiger partial charge on any atom is 0.416 e. The molecule has 5 rings (SSSR count). The van der Waals surface area contributed by atoms with Crippen molar-refractivity contribution in [3.63, 3.8) is 0 Å². The second kappa shape index (κ2) is 7.50. The minimum Gasteiger partial charge on any atom is -0.348 e. The average Bonchev–Trinajstić information content (AvgIpc) is 3.05. The summed E-state index contributed by atoms with van der Waals surface area (Å²) in [6, 6.07) is 5.75. The summed E-state index contributed by atoms with van der Waals surface area (Å²) >= 11 is 0. The van der Waals surface area contributed by atoms with Crippen molar-refractivity contribution in [1.82, 2.24) is 19.8 Å². The Bertz CT molecular complexity index is 1240. The first-order chi connectivity index (χ1) is 15.6. The minimum atomic E-state index is -4.47. The summed E-state index contributed by atoms with van der Waals surface area (Å²) in [5.41, 5.74) is 0.817. The van der Waals surface area contributed by atoms with Gasteiger partial charge in [-0.25, -0.2) is 4.79 Å². The van der Waals surface area contributed by atoms with Gasteiger partial charge in [0.1, 0.15) is 0 Å². The summed E-state index contributed by atoms with van der Waals surface area (Å²) in [7, 11) is 1.88. The van der Waals surface area contributed by atoms with Gasteiger partial charge in [-0.15, -0.1) is 0 Å². The van der Waals surface area contributed by atoms with Crippen molar-refractivity contribution in [1.29, 1.82) is 0 Å². The molecular weight excluding hydrogens is 435 g/mol. The van der Waals surface area contributed by atoms with Gasteiger partial charge >= 0.3 is 12.2 Å². The van der Waals surface area contributed by atoms with Crippen LogP contribution in [-0.2, 0) is 13.2 Å². The first-order valence-corrected chi connectivity index (χ1v) is 10.6. The number of fused-ring (bicyclic) bond motifs is 1. The van der Waals surface area contributed by atoms with Gasteiger partial charge in [0, 0.05) is 55.1 Å². The summed E-state index contributed by atoms with van der Waals surface area (Å²) in [6.07, 6.45) is 2.21. The largest absolute Gasteiger partial charge is 0.416 e. The molecule has 0 bridgehead atoms. The summed E-state index contributed by atoms with van der Waals surface area (Å²) in [6.45, 7) is 1.25. The van der Waals surface area contributed by atoms with Crippen molar-refractivity contribution < 1.29 is 22.8 Å². The van der Waals surface area contributed by atoms with Gasteiger partial charge < -0.3 is 20.1 Å². The van der Waals surface area contributed by atoms with Gasteiger partial charge in [0.25, 0.3) is 5.91 Å². The number of urea groups is 1. The molecule has 1 saturated carbocycles. The van der Waals surface area contributed by atoms with E-state index in [-0.39, 0.29) is 23.1 Å². The molecule has 3 amide bonds. The highest BCUT2D eigenvalue weighted by Crippen LogP contribution is 2.49. The van der Waals surface area contributed by atoms with Gasteiger partial charge in [0.05, 0.1) is 22.8 Å². The van der Waals surface area contributed by atoms with E-state index in [1.54, 1.807) is 12.4 Å². The van der Waals surface area contributed by atoms with E-state index in [9.17, 15) is 22.8 Å². The summed E-state index contributed by atoms with van der Waals surface area (Å²) < 4.78 is 40.4. The zero-order valence-electron chi connectivity index (χ0n) is 17.8. The van der Waals surface area contributed by atoms with Crippen LogP contribution < -0.4 is 10.6 Å². The lowest BCUT2D eigenvalue weighted by Gasteiger charge is -2.59. The fraction of sp³-hybridized carbons (Fsp3) is 0.348.